The van der Waals surface area contributed by atoms with E-state index in [1.807, 2.05) is 0 Å². The van der Waals surface area contributed by atoms with Crippen LogP contribution in [0.2, 0.25) is 0 Å². The third-order valence-corrected chi connectivity index (χ3v) is 3.22. The van der Waals surface area contributed by atoms with Crippen molar-refractivity contribution in [3.8, 4) is 0 Å². The van der Waals surface area contributed by atoms with Crippen LogP contribution in [0.3, 0.4) is 0 Å². The fraction of sp³-hybridized carbons (Fsp3) is 0.571. The van der Waals surface area contributed by atoms with Crippen molar-refractivity contribution in [3.63, 3.8) is 0 Å². The Hall–Kier alpha value is -1.65. The number of hydrogen-bond donors (Lipinski definition) is 2. The van der Waals surface area contributed by atoms with E-state index in [-0.39, 0.29) is 17.3 Å². The summed E-state index contributed by atoms with van der Waals surface area (Å²) in [5, 5.41) is 2.80. The molecule has 4 nitrogen and oxygen atoms in total. The highest BCUT2D eigenvalue weighted by molar-refractivity contribution is 5.98. The predicted molar refractivity (Wildman–Crippen MR) is 74.2 cm³/mol. The number of anilines is 1. The van der Waals surface area contributed by atoms with Crippen molar-refractivity contribution < 1.29 is 9.18 Å². The van der Waals surface area contributed by atoms with Crippen LogP contribution in [0.1, 0.15) is 49.9 Å². The normalized spacial score (nSPS) is 12.2. The molecule has 3 N–H and O–H groups in total. The van der Waals surface area contributed by atoms with Gasteiger partial charge in [-0.3, -0.25) is 4.79 Å². The first-order valence-corrected chi connectivity index (χ1v) is 6.77. The molecule has 0 aromatic carbocycles. The number of nitrogens with zero attached hydrogens (tertiary/aromatic N) is 1. The van der Waals surface area contributed by atoms with E-state index in [4.69, 9.17) is 5.73 Å². The molecule has 1 amide bonds. The van der Waals surface area contributed by atoms with Gasteiger partial charge in [-0.25, -0.2) is 9.37 Å². The van der Waals surface area contributed by atoms with Crippen LogP contribution in [-0.4, -0.2) is 17.4 Å². The van der Waals surface area contributed by atoms with Gasteiger partial charge in [-0.15, -0.1) is 0 Å². The molecule has 0 aliphatic carbocycles. The second-order valence-corrected chi connectivity index (χ2v) is 4.71. The number of nitrogens with one attached hydrogen (secondary N) is 1. The third-order valence-electron chi connectivity index (χ3n) is 3.22. The number of halogens is 1. The molecular formula is C14H22FN3O. The Morgan fingerprint density at radius 3 is 2.89 bits per heavy atom. The molecule has 0 saturated carbocycles. The second-order valence-electron chi connectivity index (χ2n) is 4.71. The fourth-order valence-electron chi connectivity index (χ4n) is 1.91. The minimum absolute atomic E-state index is 0.0560. The number of amides is 1. The van der Waals surface area contributed by atoms with E-state index in [1.54, 1.807) is 0 Å². The van der Waals surface area contributed by atoms with Crippen LogP contribution in [0, 0.1) is 11.7 Å². The molecule has 0 aliphatic heterocycles. The molecule has 1 heterocycles. The first-order valence-electron chi connectivity index (χ1n) is 6.77. The summed E-state index contributed by atoms with van der Waals surface area (Å²) in [6.45, 7) is 4.83. The van der Waals surface area contributed by atoms with E-state index in [1.165, 1.54) is 0 Å². The van der Waals surface area contributed by atoms with E-state index < -0.39 is 5.82 Å². The maximum absolute atomic E-state index is 13.0. The maximum atomic E-state index is 13.0. The lowest BCUT2D eigenvalue weighted by molar-refractivity contribution is 0.0946. The fourth-order valence-corrected chi connectivity index (χ4v) is 1.91. The number of carbonyl (C=O) groups is 1. The molecule has 0 aliphatic rings. The summed E-state index contributed by atoms with van der Waals surface area (Å²) in [5.41, 5.74) is 5.67. The Morgan fingerprint density at radius 1 is 1.53 bits per heavy atom. The molecule has 0 bridgehead atoms. The minimum atomic E-state index is -0.558. The van der Waals surface area contributed by atoms with Crippen LogP contribution >= 0.6 is 0 Å². The van der Waals surface area contributed by atoms with Crippen LogP contribution < -0.4 is 11.1 Å². The molecule has 5 heteroatoms. The van der Waals surface area contributed by atoms with Crippen LogP contribution in [0.5, 0.6) is 0 Å². The van der Waals surface area contributed by atoms with Gasteiger partial charge in [-0.1, -0.05) is 33.1 Å². The summed E-state index contributed by atoms with van der Waals surface area (Å²) in [6.07, 6.45) is 5.40. The average Bonchev–Trinajstić information content (AvgIpc) is 2.41. The monoisotopic (exact) mass is 267 g/mol. The van der Waals surface area contributed by atoms with E-state index in [9.17, 15) is 9.18 Å². The standard InChI is InChI=1S/C14H22FN3O/c1-3-5-6-10(4-2)8-18-14(19)12-7-11(15)9-17-13(12)16/h7,9-10H,3-6,8H2,1-2H3,(H2,16,17)(H,18,19). The predicted octanol–water partition coefficient (Wildman–Crippen LogP) is 2.75. The zero-order chi connectivity index (χ0) is 14.3. The maximum Gasteiger partial charge on any atom is 0.255 e. The van der Waals surface area contributed by atoms with Crippen LogP contribution in [0.25, 0.3) is 0 Å². The Labute approximate surface area is 113 Å². The quantitative estimate of drug-likeness (QED) is 0.798. The Kier molecular flexibility index (Phi) is 6.25. The highest BCUT2D eigenvalue weighted by Gasteiger charge is 2.13. The number of rotatable bonds is 7. The molecule has 1 unspecified atom stereocenters. The van der Waals surface area contributed by atoms with Gasteiger partial charge in [0.05, 0.1) is 11.8 Å². The van der Waals surface area contributed by atoms with Gasteiger partial charge in [0.25, 0.3) is 5.91 Å². The van der Waals surface area contributed by atoms with Crippen molar-refractivity contribution in [2.45, 2.75) is 39.5 Å². The number of carbonyl (C=O) groups excluding carboxylic acids is 1. The lowest BCUT2D eigenvalue weighted by Crippen LogP contribution is -2.30. The van der Waals surface area contributed by atoms with Gasteiger partial charge >= 0.3 is 0 Å². The first kappa shape index (κ1) is 15.4. The van der Waals surface area contributed by atoms with E-state index in [2.05, 4.69) is 24.1 Å². The Balaban J connectivity index is 2.56. The van der Waals surface area contributed by atoms with Gasteiger partial charge in [-0.05, 0) is 18.4 Å². The van der Waals surface area contributed by atoms with Crippen molar-refractivity contribution in [1.82, 2.24) is 10.3 Å². The molecule has 1 atom stereocenters. The SMILES string of the molecule is CCCCC(CC)CNC(=O)c1cc(F)cnc1N. The highest BCUT2D eigenvalue weighted by atomic mass is 19.1. The third kappa shape index (κ3) is 4.85. The molecule has 1 rings (SSSR count). The summed E-state index contributed by atoms with van der Waals surface area (Å²) >= 11 is 0. The molecule has 19 heavy (non-hydrogen) atoms. The topological polar surface area (TPSA) is 68.0 Å². The first-order chi connectivity index (χ1) is 9.08. The minimum Gasteiger partial charge on any atom is -0.383 e. The van der Waals surface area contributed by atoms with Crippen molar-refractivity contribution in [3.05, 3.63) is 23.6 Å². The van der Waals surface area contributed by atoms with Crippen molar-refractivity contribution in [2.75, 3.05) is 12.3 Å². The van der Waals surface area contributed by atoms with Crippen molar-refractivity contribution in [2.24, 2.45) is 5.92 Å². The van der Waals surface area contributed by atoms with Crippen LogP contribution in [-0.2, 0) is 0 Å². The largest absolute Gasteiger partial charge is 0.383 e. The summed E-state index contributed by atoms with van der Waals surface area (Å²) in [4.78, 5) is 15.6. The molecular weight excluding hydrogens is 245 g/mol. The van der Waals surface area contributed by atoms with Gasteiger partial charge in [0.2, 0.25) is 0 Å². The van der Waals surface area contributed by atoms with Gasteiger partial charge in [0, 0.05) is 6.54 Å². The number of pyridine rings is 1. The average molecular weight is 267 g/mol. The zero-order valence-electron chi connectivity index (χ0n) is 11.6. The van der Waals surface area contributed by atoms with E-state index in [0.717, 1.165) is 37.9 Å². The van der Waals surface area contributed by atoms with Gasteiger partial charge < -0.3 is 11.1 Å². The zero-order valence-corrected chi connectivity index (χ0v) is 11.6. The van der Waals surface area contributed by atoms with Crippen LogP contribution in [0.15, 0.2) is 12.3 Å². The number of aromatic nitrogens is 1. The lowest BCUT2D eigenvalue weighted by atomic mass is 9.99. The highest BCUT2D eigenvalue weighted by Crippen LogP contribution is 2.13. The van der Waals surface area contributed by atoms with Gasteiger partial charge in [-0.2, -0.15) is 0 Å². The molecule has 0 spiro atoms. The summed E-state index contributed by atoms with van der Waals surface area (Å²) in [5.74, 6) is -0.413. The second kappa shape index (κ2) is 7.71. The van der Waals surface area contributed by atoms with Crippen molar-refractivity contribution in [1.29, 1.82) is 0 Å². The Bertz CT molecular complexity index is 423. The lowest BCUT2D eigenvalue weighted by Gasteiger charge is -2.15. The summed E-state index contributed by atoms with van der Waals surface area (Å²) in [7, 11) is 0. The molecule has 0 saturated heterocycles. The summed E-state index contributed by atoms with van der Waals surface area (Å²) < 4.78 is 13.0. The molecule has 1 aromatic heterocycles. The van der Waals surface area contributed by atoms with E-state index in [0.29, 0.717) is 12.5 Å². The van der Waals surface area contributed by atoms with Gasteiger partial charge in [0.15, 0.2) is 0 Å². The summed E-state index contributed by atoms with van der Waals surface area (Å²) in [6, 6.07) is 1.12. The Morgan fingerprint density at radius 2 is 2.26 bits per heavy atom. The van der Waals surface area contributed by atoms with E-state index >= 15 is 0 Å². The smallest absolute Gasteiger partial charge is 0.255 e. The van der Waals surface area contributed by atoms with Crippen LogP contribution in [0.4, 0.5) is 10.2 Å². The number of nitrogen functional groups attached to an aromatic ring is 1. The number of hydrogen-bond acceptors (Lipinski definition) is 3. The number of nitrogens with two attached hydrogens (primary N) is 1. The molecule has 1 aromatic rings. The molecule has 0 radical (unpaired) electrons. The van der Waals surface area contributed by atoms with Crippen molar-refractivity contribution >= 4 is 11.7 Å². The number of unbranched alkanes of at least 4 members (excludes halogenated alkanes) is 1. The molecule has 106 valence electrons. The van der Waals surface area contributed by atoms with Gasteiger partial charge in [0.1, 0.15) is 11.6 Å². The molecule has 0 fully saturated rings.